The highest BCUT2D eigenvalue weighted by molar-refractivity contribution is 6.26. The number of rotatable bonds is 5. The van der Waals surface area contributed by atoms with Crippen LogP contribution in [0.25, 0.3) is 66.4 Å². The summed E-state index contributed by atoms with van der Waals surface area (Å²) in [7, 11) is 0. The lowest BCUT2D eigenvalue weighted by atomic mass is 10.1. The Hall–Kier alpha value is -6.20. The van der Waals surface area contributed by atoms with Crippen LogP contribution in [0.4, 0.5) is 0 Å². The van der Waals surface area contributed by atoms with Gasteiger partial charge >= 0.3 is 0 Å². The Morgan fingerprint density at radius 1 is 0.532 bits per heavy atom. The van der Waals surface area contributed by atoms with Gasteiger partial charge in [-0.1, -0.05) is 60.7 Å². The molecular weight excluding hydrogens is 576 g/mol. The van der Waals surface area contributed by atoms with Crippen LogP contribution in [-0.2, 0) is 0 Å². The first-order valence-electron chi connectivity index (χ1n) is 15.8. The normalized spacial score (nSPS) is 11.6. The highest BCUT2D eigenvalue weighted by atomic mass is 16.5. The first-order chi connectivity index (χ1) is 23.1. The highest BCUT2D eigenvalue weighted by Crippen LogP contribution is 2.43. The Labute approximate surface area is 272 Å². The molecule has 0 fully saturated rings. The zero-order chi connectivity index (χ0) is 31.5. The van der Waals surface area contributed by atoms with Crippen LogP contribution in [0.15, 0.2) is 146 Å². The van der Waals surface area contributed by atoms with Gasteiger partial charge in [-0.05, 0) is 91.7 Å². The van der Waals surface area contributed by atoms with Gasteiger partial charge in [-0.3, -0.25) is 9.55 Å². The summed E-state index contributed by atoms with van der Waals surface area (Å²) in [6, 6.07) is 46.5. The van der Waals surface area contributed by atoms with Crippen molar-refractivity contribution in [3.63, 3.8) is 0 Å². The van der Waals surface area contributed by atoms with Gasteiger partial charge in [-0.25, -0.2) is 4.98 Å². The van der Waals surface area contributed by atoms with Gasteiger partial charge in [-0.15, -0.1) is 0 Å². The third-order valence-corrected chi connectivity index (χ3v) is 9.17. The summed E-state index contributed by atoms with van der Waals surface area (Å²) in [6.45, 7) is 4.20. The summed E-state index contributed by atoms with van der Waals surface area (Å²) in [6.07, 6.45) is 3.77. The molecule has 4 heterocycles. The maximum atomic E-state index is 6.55. The molecule has 0 aliphatic carbocycles. The predicted octanol–water partition coefficient (Wildman–Crippen LogP) is 10.7. The van der Waals surface area contributed by atoms with E-state index in [0.29, 0.717) is 0 Å². The number of pyridine rings is 2. The molecule has 0 aliphatic rings. The molecule has 9 rings (SSSR count). The molecule has 0 saturated heterocycles. The highest BCUT2D eigenvalue weighted by Gasteiger charge is 2.21. The van der Waals surface area contributed by atoms with Crippen molar-refractivity contribution in [3.8, 4) is 34.3 Å². The van der Waals surface area contributed by atoms with Crippen LogP contribution in [0, 0.1) is 13.8 Å². The van der Waals surface area contributed by atoms with E-state index in [2.05, 4.69) is 137 Å². The molecule has 5 nitrogen and oxygen atoms in total. The number of para-hydroxylation sites is 2. The Morgan fingerprint density at radius 2 is 1.34 bits per heavy atom. The van der Waals surface area contributed by atoms with E-state index in [1.54, 1.807) is 0 Å². The van der Waals surface area contributed by atoms with Gasteiger partial charge in [0, 0.05) is 51.3 Å². The third-order valence-electron chi connectivity index (χ3n) is 9.17. The topological polar surface area (TPSA) is 44.9 Å². The largest absolute Gasteiger partial charge is 0.457 e. The molecule has 0 unspecified atom stereocenters. The summed E-state index contributed by atoms with van der Waals surface area (Å²) in [5.41, 5.74) is 9.95. The first kappa shape index (κ1) is 27.1. The van der Waals surface area contributed by atoms with E-state index in [9.17, 15) is 0 Å². The van der Waals surface area contributed by atoms with Crippen molar-refractivity contribution >= 4 is 43.6 Å². The van der Waals surface area contributed by atoms with Gasteiger partial charge in [0.15, 0.2) is 0 Å². The third kappa shape index (κ3) is 4.39. The van der Waals surface area contributed by atoms with Gasteiger partial charge < -0.3 is 9.30 Å². The maximum absolute atomic E-state index is 6.55. The Kier molecular flexibility index (Phi) is 6.18. The zero-order valence-corrected chi connectivity index (χ0v) is 26.1. The summed E-state index contributed by atoms with van der Waals surface area (Å²) < 4.78 is 11.2. The summed E-state index contributed by atoms with van der Waals surface area (Å²) >= 11 is 0. The number of aromatic nitrogens is 4. The molecule has 224 valence electrons. The van der Waals surface area contributed by atoms with Crippen molar-refractivity contribution in [2.45, 2.75) is 13.8 Å². The Morgan fingerprint density at radius 3 is 2.19 bits per heavy atom. The number of hydrogen-bond donors (Lipinski definition) is 0. The lowest BCUT2D eigenvalue weighted by Gasteiger charge is -2.10. The summed E-state index contributed by atoms with van der Waals surface area (Å²) in [5.74, 6) is 2.37. The molecule has 0 atom stereocenters. The lowest BCUT2D eigenvalue weighted by molar-refractivity contribution is 0.483. The van der Waals surface area contributed by atoms with E-state index < -0.39 is 0 Å². The molecule has 47 heavy (non-hydrogen) atoms. The molecule has 0 bridgehead atoms. The monoisotopic (exact) mass is 606 g/mol. The van der Waals surface area contributed by atoms with Crippen LogP contribution >= 0.6 is 0 Å². The zero-order valence-electron chi connectivity index (χ0n) is 26.1. The Balaban J connectivity index is 1.28. The van der Waals surface area contributed by atoms with E-state index in [1.165, 1.54) is 38.3 Å². The van der Waals surface area contributed by atoms with Crippen LogP contribution in [0.3, 0.4) is 0 Å². The average molecular weight is 607 g/mol. The SMILES string of the molecule is Cc1cnc(-c2cccc(Oc3ccc4c5c(ccc6c7ccccc7n(-c7ccccc7)c65)n(-c5ccccn5)c4c3)c2)cc1C. The van der Waals surface area contributed by atoms with Gasteiger partial charge in [0.25, 0.3) is 0 Å². The molecular formula is C42H30N4O. The van der Waals surface area contributed by atoms with Crippen LogP contribution < -0.4 is 4.74 Å². The number of ether oxygens (including phenoxy) is 1. The summed E-state index contributed by atoms with van der Waals surface area (Å²) in [4.78, 5) is 9.47. The van der Waals surface area contributed by atoms with Crippen molar-refractivity contribution in [3.05, 3.63) is 157 Å². The van der Waals surface area contributed by atoms with Crippen LogP contribution in [-0.4, -0.2) is 19.1 Å². The van der Waals surface area contributed by atoms with Gasteiger partial charge in [-0.2, -0.15) is 0 Å². The smallest absolute Gasteiger partial charge is 0.137 e. The number of nitrogens with zero attached hydrogens (tertiary/aromatic N) is 4. The van der Waals surface area contributed by atoms with Crippen molar-refractivity contribution in [1.29, 1.82) is 0 Å². The fourth-order valence-corrected chi connectivity index (χ4v) is 6.82. The molecule has 0 spiro atoms. The second kappa shape index (κ2) is 10.7. The number of benzene rings is 5. The molecule has 0 saturated carbocycles. The minimum absolute atomic E-state index is 0.752. The lowest BCUT2D eigenvalue weighted by Crippen LogP contribution is -1.97. The standard InChI is InChI=1S/C42H30N4O/c1-27-23-36(44-26-28(27)2)29-11-10-14-31(24-29)47-32-18-19-35-39(25-32)46(40-17-8-9-22-43-40)38-21-20-34-33-15-6-7-16-37(33)45(42(34)41(35)38)30-12-4-3-5-13-30/h3-26H,1-2H3. The molecule has 5 heteroatoms. The number of fused-ring (bicyclic) bond motifs is 7. The molecule has 0 amide bonds. The van der Waals surface area contributed by atoms with E-state index in [-0.39, 0.29) is 0 Å². The molecule has 0 radical (unpaired) electrons. The molecule has 5 aromatic carbocycles. The minimum atomic E-state index is 0.752. The van der Waals surface area contributed by atoms with Crippen LogP contribution in [0.2, 0.25) is 0 Å². The van der Waals surface area contributed by atoms with E-state index >= 15 is 0 Å². The second-order valence-electron chi connectivity index (χ2n) is 12.0. The van der Waals surface area contributed by atoms with Crippen molar-refractivity contribution in [1.82, 2.24) is 19.1 Å². The Bertz CT molecular complexity index is 2620. The first-order valence-corrected chi connectivity index (χ1v) is 15.8. The average Bonchev–Trinajstić information content (AvgIpc) is 3.63. The minimum Gasteiger partial charge on any atom is -0.457 e. The fourth-order valence-electron chi connectivity index (χ4n) is 6.82. The number of aryl methyl sites for hydroxylation is 2. The van der Waals surface area contributed by atoms with E-state index in [4.69, 9.17) is 9.72 Å². The van der Waals surface area contributed by atoms with Gasteiger partial charge in [0.1, 0.15) is 17.3 Å². The van der Waals surface area contributed by atoms with Crippen molar-refractivity contribution < 1.29 is 4.74 Å². The predicted molar refractivity (Wildman–Crippen MR) is 192 cm³/mol. The van der Waals surface area contributed by atoms with Crippen LogP contribution in [0.5, 0.6) is 11.5 Å². The molecule has 4 aromatic heterocycles. The van der Waals surface area contributed by atoms with E-state index in [0.717, 1.165) is 50.7 Å². The van der Waals surface area contributed by atoms with Crippen molar-refractivity contribution in [2.75, 3.05) is 0 Å². The van der Waals surface area contributed by atoms with Crippen molar-refractivity contribution in [2.24, 2.45) is 0 Å². The quantitative estimate of drug-likeness (QED) is 0.196. The van der Waals surface area contributed by atoms with E-state index in [1.807, 2.05) is 36.7 Å². The molecule has 0 aliphatic heterocycles. The second-order valence-corrected chi connectivity index (χ2v) is 12.0. The van der Waals surface area contributed by atoms with Crippen LogP contribution in [0.1, 0.15) is 11.1 Å². The molecule has 0 N–H and O–H groups in total. The van der Waals surface area contributed by atoms with Gasteiger partial charge in [0.05, 0.1) is 27.8 Å². The van der Waals surface area contributed by atoms with Gasteiger partial charge in [0.2, 0.25) is 0 Å². The maximum Gasteiger partial charge on any atom is 0.137 e. The number of hydrogen-bond acceptors (Lipinski definition) is 3. The molecule has 9 aromatic rings. The summed E-state index contributed by atoms with van der Waals surface area (Å²) in [5, 5.41) is 4.76. The fraction of sp³-hybridized carbons (Fsp3) is 0.0476.